The van der Waals surface area contributed by atoms with Crippen LogP contribution in [0.5, 0.6) is 11.5 Å². The lowest BCUT2D eigenvalue weighted by Crippen LogP contribution is -2.23. The van der Waals surface area contributed by atoms with Crippen LogP contribution in [0.3, 0.4) is 0 Å². The summed E-state index contributed by atoms with van der Waals surface area (Å²) < 4.78 is 35.9. The van der Waals surface area contributed by atoms with Crippen LogP contribution >= 0.6 is 0 Å². The topological polar surface area (TPSA) is 78.3 Å². The molecule has 0 unspecified atom stereocenters. The van der Waals surface area contributed by atoms with Crippen molar-refractivity contribution in [3.63, 3.8) is 0 Å². The molecule has 0 saturated heterocycles. The molecular weight excluding hydrogens is 358 g/mol. The third kappa shape index (κ3) is 4.38. The first-order valence-electron chi connectivity index (χ1n) is 7.91. The minimum atomic E-state index is -2.98. The average Bonchev–Trinajstić information content (AvgIpc) is 3.20. The second-order valence-corrected chi connectivity index (χ2v) is 5.38. The standard InChI is InChI=1S/C18H16F2N4O3/c1-26-15-9-12(4-5-14(15)27-18(19)20)17(25)23-10-13-3-2-6-22-16(13)24-8-7-21-11-24/h2-9,11,18H,10H2,1H3,(H,23,25). The van der Waals surface area contributed by atoms with Gasteiger partial charge in [0.15, 0.2) is 11.5 Å². The van der Waals surface area contributed by atoms with Crippen molar-refractivity contribution in [2.75, 3.05) is 7.11 Å². The molecule has 0 saturated carbocycles. The molecule has 0 fully saturated rings. The van der Waals surface area contributed by atoms with Crippen LogP contribution in [0.15, 0.2) is 55.2 Å². The molecule has 0 radical (unpaired) electrons. The van der Waals surface area contributed by atoms with Gasteiger partial charge in [0.25, 0.3) is 5.91 Å². The summed E-state index contributed by atoms with van der Waals surface area (Å²) in [5.41, 5.74) is 1.04. The molecule has 0 bridgehead atoms. The normalized spacial score (nSPS) is 10.7. The van der Waals surface area contributed by atoms with Crippen molar-refractivity contribution in [1.29, 1.82) is 0 Å². The molecule has 140 valence electrons. The maximum absolute atomic E-state index is 12.4. The van der Waals surface area contributed by atoms with Gasteiger partial charge in [-0.15, -0.1) is 0 Å². The van der Waals surface area contributed by atoms with E-state index in [0.717, 1.165) is 5.56 Å². The Labute approximate surface area is 153 Å². The molecule has 27 heavy (non-hydrogen) atoms. The molecular formula is C18H16F2N4O3. The van der Waals surface area contributed by atoms with Crippen molar-refractivity contribution >= 4 is 5.91 Å². The first-order chi connectivity index (χ1) is 13.1. The van der Waals surface area contributed by atoms with Crippen LogP contribution in [0.2, 0.25) is 0 Å². The maximum Gasteiger partial charge on any atom is 0.387 e. The monoisotopic (exact) mass is 374 g/mol. The number of pyridine rings is 1. The summed E-state index contributed by atoms with van der Waals surface area (Å²) in [5.74, 6) is 0.160. The van der Waals surface area contributed by atoms with E-state index in [0.29, 0.717) is 5.82 Å². The quantitative estimate of drug-likeness (QED) is 0.688. The Bertz CT molecular complexity index is 917. The minimum absolute atomic E-state index is 0.0448. The van der Waals surface area contributed by atoms with Gasteiger partial charge in [0.05, 0.1) is 7.11 Å². The number of methoxy groups -OCH3 is 1. The number of nitrogens with zero attached hydrogens (tertiary/aromatic N) is 3. The summed E-state index contributed by atoms with van der Waals surface area (Å²) in [5, 5.41) is 2.77. The molecule has 0 aliphatic heterocycles. The fourth-order valence-corrected chi connectivity index (χ4v) is 2.46. The molecule has 0 aliphatic rings. The van der Waals surface area contributed by atoms with Gasteiger partial charge in [-0.05, 0) is 24.3 Å². The van der Waals surface area contributed by atoms with Crippen molar-refractivity contribution in [3.8, 4) is 17.3 Å². The number of benzene rings is 1. The lowest BCUT2D eigenvalue weighted by Gasteiger charge is -2.12. The van der Waals surface area contributed by atoms with E-state index in [1.165, 1.54) is 25.3 Å². The van der Waals surface area contributed by atoms with E-state index in [1.54, 1.807) is 35.6 Å². The van der Waals surface area contributed by atoms with Gasteiger partial charge < -0.3 is 14.8 Å². The Morgan fingerprint density at radius 2 is 2.11 bits per heavy atom. The Kier molecular flexibility index (Phi) is 5.60. The highest BCUT2D eigenvalue weighted by Gasteiger charge is 2.15. The Morgan fingerprint density at radius 3 is 2.81 bits per heavy atom. The zero-order chi connectivity index (χ0) is 19.2. The average molecular weight is 374 g/mol. The number of carbonyl (C=O) groups excluding carboxylic acids is 1. The van der Waals surface area contributed by atoms with Gasteiger partial charge in [0.2, 0.25) is 0 Å². The van der Waals surface area contributed by atoms with E-state index in [-0.39, 0.29) is 23.6 Å². The molecule has 2 heterocycles. The fraction of sp³-hybridized carbons (Fsp3) is 0.167. The molecule has 0 aliphatic carbocycles. The lowest BCUT2D eigenvalue weighted by atomic mass is 10.1. The predicted octanol–water partition coefficient (Wildman–Crippen LogP) is 2.81. The number of halogens is 2. The summed E-state index contributed by atoms with van der Waals surface area (Å²) in [6, 6.07) is 7.59. The molecule has 3 aromatic rings. The van der Waals surface area contributed by atoms with Crippen molar-refractivity contribution in [2.24, 2.45) is 0 Å². The number of amides is 1. The molecule has 1 aromatic carbocycles. The highest BCUT2D eigenvalue weighted by molar-refractivity contribution is 5.94. The Hall–Kier alpha value is -3.49. The Morgan fingerprint density at radius 1 is 1.26 bits per heavy atom. The van der Waals surface area contributed by atoms with Gasteiger partial charge in [-0.1, -0.05) is 6.07 Å². The van der Waals surface area contributed by atoms with Crippen LogP contribution in [0.25, 0.3) is 5.82 Å². The third-order valence-electron chi connectivity index (χ3n) is 3.70. The summed E-state index contributed by atoms with van der Waals surface area (Å²) in [6.45, 7) is -2.76. The van der Waals surface area contributed by atoms with E-state index in [2.05, 4.69) is 20.0 Å². The van der Waals surface area contributed by atoms with Crippen molar-refractivity contribution < 1.29 is 23.0 Å². The van der Waals surface area contributed by atoms with Crippen molar-refractivity contribution in [3.05, 3.63) is 66.4 Å². The van der Waals surface area contributed by atoms with Crippen LogP contribution in [-0.4, -0.2) is 34.2 Å². The van der Waals surface area contributed by atoms with Gasteiger partial charge in [-0.3, -0.25) is 9.36 Å². The minimum Gasteiger partial charge on any atom is -0.493 e. The fourth-order valence-electron chi connectivity index (χ4n) is 2.46. The van der Waals surface area contributed by atoms with E-state index in [1.807, 2.05) is 6.07 Å². The van der Waals surface area contributed by atoms with Crippen LogP contribution in [0.4, 0.5) is 8.78 Å². The number of alkyl halides is 2. The number of ether oxygens (including phenoxy) is 2. The van der Waals surface area contributed by atoms with E-state index in [4.69, 9.17) is 4.74 Å². The Balaban J connectivity index is 1.74. The molecule has 1 amide bonds. The van der Waals surface area contributed by atoms with E-state index in [9.17, 15) is 13.6 Å². The van der Waals surface area contributed by atoms with E-state index < -0.39 is 12.5 Å². The third-order valence-corrected chi connectivity index (χ3v) is 3.70. The zero-order valence-corrected chi connectivity index (χ0v) is 14.3. The van der Waals surface area contributed by atoms with Crippen LogP contribution in [-0.2, 0) is 6.54 Å². The van der Waals surface area contributed by atoms with Gasteiger partial charge in [-0.2, -0.15) is 8.78 Å². The van der Waals surface area contributed by atoms with Gasteiger partial charge in [0.1, 0.15) is 12.1 Å². The molecule has 0 atom stereocenters. The van der Waals surface area contributed by atoms with Crippen molar-refractivity contribution in [1.82, 2.24) is 19.9 Å². The van der Waals surface area contributed by atoms with Gasteiger partial charge >= 0.3 is 6.61 Å². The molecule has 3 rings (SSSR count). The second kappa shape index (κ2) is 8.26. The van der Waals surface area contributed by atoms with Gasteiger partial charge in [-0.25, -0.2) is 9.97 Å². The molecule has 1 N–H and O–H groups in total. The molecule has 9 heteroatoms. The number of imidazole rings is 1. The van der Waals surface area contributed by atoms with Crippen LogP contribution in [0.1, 0.15) is 15.9 Å². The largest absolute Gasteiger partial charge is 0.493 e. The number of hydrogen-bond acceptors (Lipinski definition) is 5. The molecule has 7 nitrogen and oxygen atoms in total. The number of nitrogens with one attached hydrogen (secondary N) is 1. The van der Waals surface area contributed by atoms with Crippen molar-refractivity contribution in [2.45, 2.75) is 13.2 Å². The van der Waals surface area contributed by atoms with Crippen LogP contribution in [0, 0.1) is 0 Å². The summed E-state index contributed by atoms with van der Waals surface area (Å²) in [4.78, 5) is 20.7. The zero-order valence-electron chi connectivity index (χ0n) is 14.3. The number of aromatic nitrogens is 3. The van der Waals surface area contributed by atoms with Crippen LogP contribution < -0.4 is 14.8 Å². The first-order valence-corrected chi connectivity index (χ1v) is 7.91. The maximum atomic E-state index is 12.4. The molecule has 2 aromatic heterocycles. The second-order valence-electron chi connectivity index (χ2n) is 5.38. The first kappa shape index (κ1) is 18.3. The number of carbonyl (C=O) groups is 1. The lowest BCUT2D eigenvalue weighted by molar-refractivity contribution is -0.0512. The number of rotatable bonds is 7. The highest BCUT2D eigenvalue weighted by Crippen LogP contribution is 2.29. The highest BCUT2D eigenvalue weighted by atomic mass is 19.3. The summed E-state index contributed by atoms with van der Waals surface area (Å²) >= 11 is 0. The van der Waals surface area contributed by atoms with Gasteiger partial charge in [0, 0.05) is 36.3 Å². The number of hydrogen-bond donors (Lipinski definition) is 1. The SMILES string of the molecule is COc1cc(C(=O)NCc2cccnc2-n2ccnc2)ccc1OC(F)F. The van der Waals surface area contributed by atoms with E-state index >= 15 is 0 Å². The predicted molar refractivity (Wildman–Crippen MR) is 92.2 cm³/mol. The summed E-state index contributed by atoms with van der Waals surface area (Å²) in [7, 11) is 1.31. The summed E-state index contributed by atoms with van der Waals surface area (Å²) in [6.07, 6.45) is 6.64. The smallest absolute Gasteiger partial charge is 0.387 e. The molecule has 0 spiro atoms.